The first kappa shape index (κ1) is 17.9. The molecule has 4 heterocycles. The van der Waals surface area contributed by atoms with E-state index in [1.165, 1.54) is 24.4 Å². The SMILES string of the molecule is Cc1cccc(NC(=S)N/N=C2\C3CN4CCN(C3)CC2(C(C)C)C4)c1. The van der Waals surface area contributed by atoms with Crippen molar-refractivity contribution in [2.45, 2.75) is 20.8 Å². The van der Waals surface area contributed by atoms with E-state index in [9.17, 15) is 0 Å². The Hall–Kier alpha value is -1.50. The lowest BCUT2D eigenvalue weighted by Crippen LogP contribution is -2.63. The van der Waals surface area contributed by atoms with Crippen LogP contribution in [0.2, 0.25) is 0 Å². The first-order chi connectivity index (χ1) is 12.5. The second-order valence-corrected chi connectivity index (χ2v) is 8.82. The van der Waals surface area contributed by atoms with Crippen LogP contribution in [0.4, 0.5) is 5.69 Å². The molecule has 0 amide bonds. The van der Waals surface area contributed by atoms with Crippen molar-refractivity contribution in [1.29, 1.82) is 0 Å². The molecule has 0 saturated carbocycles. The molecule has 2 atom stereocenters. The fourth-order valence-corrected chi connectivity index (χ4v) is 5.04. The molecular weight excluding hydrogens is 342 g/mol. The molecule has 1 aromatic rings. The van der Waals surface area contributed by atoms with E-state index in [0.717, 1.165) is 31.9 Å². The molecule has 6 heteroatoms. The summed E-state index contributed by atoms with van der Waals surface area (Å²) in [5.74, 6) is 1.07. The molecule has 0 spiro atoms. The molecule has 2 N–H and O–H groups in total. The Morgan fingerprint density at radius 1 is 1.23 bits per heavy atom. The Morgan fingerprint density at radius 3 is 2.54 bits per heavy atom. The maximum absolute atomic E-state index is 5.49. The summed E-state index contributed by atoms with van der Waals surface area (Å²) >= 11 is 5.49. The number of hydrazone groups is 1. The summed E-state index contributed by atoms with van der Waals surface area (Å²) in [7, 11) is 0. The van der Waals surface area contributed by atoms with Gasteiger partial charge in [-0.25, -0.2) is 0 Å². The minimum Gasteiger partial charge on any atom is -0.331 e. The Balaban J connectivity index is 1.53. The second-order valence-electron chi connectivity index (χ2n) is 8.41. The van der Waals surface area contributed by atoms with Gasteiger partial charge in [-0.3, -0.25) is 5.43 Å². The fourth-order valence-electron chi connectivity index (χ4n) is 4.88. The number of nitrogens with one attached hydrogen (secondary N) is 2. The van der Waals surface area contributed by atoms with E-state index in [1.54, 1.807) is 0 Å². The van der Waals surface area contributed by atoms with Gasteiger partial charge in [0.15, 0.2) is 5.11 Å². The minimum absolute atomic E-state index is 0.142. The van der Waals surface area contributed by atoms with Crippen LogP contribution in [0.1, 0.15) is 19.4 Å². The van der Waals surface area contributed by atoms with Gasteiger partial charge in [-0.1, -0.05) is 26.0 Å². The predicted molar refractivity (Wildman–Crippen MR) is 112 cm³/mol. The van der Waals surface area contributed by atoms with Crippen LogP contribution in [-0.4, -0.2) is 59.9 Å². The first-order valence-corrected chi connectivity index (χ1v) is 10.0. The Kier molecular flexibility index (Phi) is 4.75. The van der Waals surface area contributed by atoms with Crippen molar-refractivity contribution < 1.29 is 0 Å². The summed E-state index contributed by atoms with van der Waals surface area (Å²) < 4.78 is 0. The molecule has 26 heavy (non-hydrogen) atoms. The van der Waals surface area contributed by atoms with E-state index < -0.39 is 0 Å². The van der Waals surface area contributed by atoms with Crippen molar-refractivity contribution in [2.24, 2.45) is 22.4 Å². The Morgan fingerprint density at radius 2 is 1.92 bits per heavy atom. The van der Waals surface area contributed by atoms with Crippen LogP contribution < -0.4 is 10.7 Å². The van der Waals surface area contributed by atoms with Gasteiger partial charge in [0.1, 0.15) is 0 Å². The van der Waals surface area contributed by atoms with Gasteiger partial charge in [-0.05, 0) is 42.8 Å². The first-order valence-electron chi connectivity index (χ1n) is 9.63. The van der Waals surface area contributed by atoms with Gasteiger partial charge in [0.25, 0.3) is 0 Å². The topological polar surface area (TPSA) is 42.9 Å². The van der Waals surface area contributed by atoms with Gasteiger partial charge in [-0.15, -0.1) is 0 Å². The average Bonchev–Trinajstić information content (AvgIpc) is 2.82. The molecule has 1 aromatic carbocycles. The zero-order chi connectivity index (χ0) is 18.3. The number of aryl methyl sites for hydroxylation is 1. The van der Waals surface area contributed by atoms with Crippen LogP contribution in [0.3, 0.4) is 0 Å². The molecule has 0 aromatic heterocycles. The van der Waals surface area contributed by atoms with Crippen LogP contribution in [-0.2, 0) is 0 Å². The number of thiocarbonyl (C=S) groups is 1. The van der Waals surface area contributed by atoms with Gasteiger partial charge < -0.3 is 15.1 Å². The molecular formula is C20H29N5S. The van der Waals surface area contributed by atoms with E-state index >= 15 is 0 Å². The lowest BCUT2D eigenvalue weighted by Gasteiger charge is -2.52. The molecule has 4 fully saturated rings. The van der Waals surface area contributed by atoms with Gasteiger partial charge >= 0.3 is 0 Å². The normalized spacial score (nSPS) is 34.2. The predicted octanol–water partition coefficient (Wildman–Crippen LogP) is 2.54. The summed E-state index contributed by atoms with van der Waals surface area (Å²) in [5.41, 5.74) is 6.83. The van der Waals surface area contributed by atoms with E-state index in [0.29, 0.717) is 16.9 Å². The maximum Gasteiger partial charge on any atom is 0.191 e. The number of hydrogen-bond donors (Lipinski definition) is 2. The number of nitrogens with zero attached hydrogens (tertiary/aromatic N) is 3. The highest BCUT2D eigenvalue weighted by Crippen LogP contribution is 2.43. The molecule has 0 aliphatic carbocycles. The molecule has 4 bridgehead atoms. The number of rotatable bonds is 3. The lowest BCUT2D eigenvalue weighted by atomic mass is 9.64. The summed E-state index contributed by atoms with van der Waals surface area (Å²) in [4.78, 5) is 5.28. The molecule has 5 nitrogen and oxygen atoms in total. The quantitative estimate of drug-likeness (QED) is 0.631. The highest BCUT2D eigenvalue weighted by Gasteiger charge is 2.53. The molecule has 5 rings (SSSR count). The molecule has 0 radical (unpaired) electrons. The number of piperidine rings is 2. The van der Waals surface area contributed by atoms with E-state index in [4.69, 9.17) is 17.3 Å². The van der Waals surface area contributed by atoms with E-state index in [-0.39, 0.29) is 5.41 Å². The van der Waals surface area contributed by atoms with Gasteiger partial charge in [0.05, 0.1) is 5.71 Å². The fraction of sp³-hybridized carbons (Fsp3) is 0.600. The summed E-state index contributed by atoms with van der Waals surface area (Å²) in [6.07, 6.45) is 0. The van der Waals surface area contributed by atoms with Crippen molar-refractivity contribution in [3.63, 3.8) is 0 Å². The Labute approximate surface area is 161 Å². The monoisotopic (exact) mass is 371 g/mol. The van der Waals surface area contributed by atoms with Crippen LogP contribution in [0, 0.1) is 24.2 Å². The van der Waals surface area contributed by atoms with Crippen LogP contribution >= 0.6 is 12.2 Å². The largest absolute Gasteiger partial charge is 0.331 e. The summed E-state index contributed by atoms with van der Waals surface area (Å²) in [5, 5.41) is 8.70. The highest BCUT2D eigenvalue weighted by atomic mass is 32.1. The standard InChI is InChI=1S/C20H29N5S/c1-14(2)20-12-24-7-8-25(13-20)11-16(10-24)18(20)22-23-19(26)21-17-6-4-5-15(3)9-17/h4-6,9,14,16H,7-8,10-13H2,1-3H3,(H2,21,23,26)/b22-18+. The lowest BCUT2D eigenvalue weighted by molar-refractivity contribution is 0.0828. The Bertz CT molecular complexity index is 713. The zero-order valence-electron chi connectivity index (χ0n) is 16.0. The molecule has 140 valence electrons. The van der Waals surface area contributed by atoms with Crippen LogP contribution in [0.5, 0.6) is 0 Å². The summed E-state index contributed by atoms with van der Waals surface area (Å²) in [6, 6.07) is 8.22. The van der Waals surface area contributed by atoms with Crippen LogP contribution in [0.15, 0.2) is 29.4 Å². The smallest absolute Gasteiger partial charge is 0.191 e. The van der Waals surface area contributed by atoms with Gasteiger partial charge in [-0.2, -0.15) is 5.10 Å². The van der Waals surface area contributed by atoms with Gasteiger partial charge in [0, 0.05) is 56.3 Å². The molecule has 2 unspecified atom stereocenters. The van der Waals surface area contributed by atoms with Crippen LogP contribution in [0.25, 0.3) is 0 Å². The number of benzene rings is 1. The maximum atomic E-state index is 5.49. The minimum atomic E-state index is 0.142. The summed E-state index contributed by atoms with van der Waals surface area (Å²) in [6.45, 7) is 13.6. The molecule has 4 aliphatic heterocycles. The third-order valence-corrected chi connectivity index (χ3v) is 6.45. The van der Waals surface area contributed by atoms with Crippen molar-refractivity contribution in [3.05, 3.63) is 29.8 Å². The average molecular weight is 372 g/mol. The number of anilines is 1. The van der Waals surface area contributed by atoms with Crippen molar-refractivity contribution in [3.8, 4) is 0 Å². The number of hydrogen-bond acceptors (Lipinski definition) is 4. The van der Waals surface area contributed by atoms with Crippen molar-refractivity contribution in [2.75, 3.05) is 44.6 Å². The zero-order valence-corrected chi connectivity index (χ0v) is 16.8. The molecule has 4 aliphatic rings. The third kappa shape index (κ3) is 3.26. The van der Waals surface area contributed by atoms with Crippen molar-refractivity contribution in [1.82, 2.24) is 15.2 Å². The van der Waals surface area contributed by atoms with Crippen molar-refractivity contribution >= 4 is 28.7 Å². The van der Waals surface area contributed by atoms with E-state index in [1.807, 2.05) is 12.1 Å². The van der Waals surface area contributed by atoms with Gasteiger partial charge in [0.2, 0.25) is 0 Å². The third-order valence-electron chi connectivity index (χ3n) is 6.26. The number of fused-ring (bicyclic) bond motifs is 1. The highest BCUT2D eigenvalue weighted by molar-refractivity contribution is 7.80. The van der Waals surface area contributed by atoms with E-state index in [2.05, 4.69) is 53.4 Å². The molecule has 4 saturated heterocycles. The second kappa shape index (κ2) is 6.91.